The van der Waals surface area contributed by atoms with E-state index in [2.05, 4.69) is 15.3 Å². The van der Waals surface area contributed by atoms with Crippen molar-refractivity contribution in [2.45, 2.75) is 46.2 Å². The number of nitrogens with zero attached hydrogens (tertiary/aromatic N) is 5. The predicted molar refractivity (Wildman–Crippen MR) is 104 cm³/mol. The molecule has 1 aliphatic heterocycles. The third-order valence-corrected chi connectivity index (χ3v) is 6.90. The molecule has 0 radical (unpaired) electrons. The first-order chi connectivity index (χ1) is 12.7. The summed E-state index contributed by atoms with van der Waals surface area (Å²) in [5.41, 5.74) is 0.595. The molecule has 1 fully saturated rings. The topological polar surface area (TPSA) is 98.7 Å². The molecule has 0 spiro atoms. The Hall–Kier alpha value is -1.78. The Morgan fingerprint density at radius 1 is 1.33 bits per heavy atom. The van der Waals surface area contributed by atoms with E-state index in [-0.39, 0.29) is 18.5 Å². The van der Waals surface area contributed by atoms with Crippen molar-refractivity contribution in [1.82, 2.24) is 23.5 Å². The van der Waals surface area contributed by atoms with Gasteiger partial charge < -0.3 is 10.2 Å². The average molecular weight is 399 g/mol. The van der Waals surface area contributed by atoms with E-state index in [1.54, 1.807) is 32.0 Å². The van der Waals surface area contributed by atoms with E-state index in [0.29, 0.717) is 37.0 Å². The fraction of sp³-hybridized carbons (Fsp3) is 0.706. The number of carbonyl (C=O) groups is 1. The van der Waals surface area contributed by atoms with Crippen molar-refractivity contribution < 1.29 is 13.2 Å². The summed E-state index contributed by atoms with van der Waals surface area (Å²) in [4.78, 5) is 22.8. The monoisotopic (exact) mass is 398 g/mol. The van der Waals surface area contributed by atoms with Crippen LogP contribution in [0.25, 0.3) is 0 Å². The summed E-state index contributed by atoms with van der Waals surface area (Å²) in [5, 5.41) is 3.00. The lowest BCUT2D eigenvalue weighted by Crippen LogP contribution is -2.41. The summed E-state index contributed by atoms with van der Waals surface area (Å²) in [7, 11) is -0.253. The number of amides is 1. The molecule has 1 aromatic rings. The summed E-state index contributed by atoms with van der Waals surface area (Å²) >= 11 is 0. The molecule has 1 aromatic heterocycles. The molecule has 0 bridgehead atoms. The second-order valence-corrected chi connectivity index (χ2v) is 8.61. The minimum Gasteiger partial charge on any atom is -0.373 e. The molecule has 0 aliphatic carbocycles. The van der Waals surface area contributed by atoms with Crippen molar-refractivity contribution in [3.05, 3.63) is 17.6 Å². The Morgan fingerprint density at radius 2 is 2.00 bits per heavy atom. The second kappa shape index (κ2) is 8.94. The first-order valence-electron chi connectivity index (χ1n) is 9.28. The highest BCUT2D eigenvalue weighted by atomic mass is 32.2. The molecule has 0 aromatic carbocycles. The number of hydrogen-bond acceptors (Lipinski definition) is 6. The molecule has 9 nitrogen and oxygen atoms in total. The van der Waals surface area contributed by atoms with Crippen LogP contribution in [0.3, 0.4) is 0 Å². The van der Waals surface area contributed by atoms with Crippen LogP contribution in [-0.4, -0.2) is 71.5 Å². The van der Waals surface area contributed by atoms with Gasteiger partial charge in [0.05, 0.1) is 18.3 Å². The van der Waals surface area contributed by atoms with Crippen LogP contribution in [0.15, 0.2) is 6.07 Å². The van der Waals surface area contributed by atoms with Crippen molar-refractivity contribution in [3.8, 4) is 0 Å². The zero-order valence-electron chi connectivity index (χ0n) is 16.8. The van der Waals surface area contributed by atoms with Gasteiger partial charge in [-0.15, -0.1) is 0 Å². The Kier molecular flexibility index (Phi) is 7.12. The van der Waals surface area contributed by atoms with Gasteiger partial charge in [0.25, 0.3) is 10.2 Å². The molecule has 0 unspecified atom stereocenters. The molecule has 10 heteroatoms. The van der Waals surface area contributed by atoms with Crippen LogP contribution in [0, 0.1) is 0 Å². The van der Waals surface area contributed by atoms with Gasteiger partial charge in [-0.2, -0.15) is 17.0 Å². The maximum atomic E-state index is 12.7. The summed E-state index contributed by atoms with van der Waals surface area (Å²) in [6.07, 6.45) is 1.71. The van der Waals surface area contributed by atoms with Crippen LogP contribution in [0.5, 0.6) is 0 Å². The Balaban J connectivity index is 2.31. The number of likely N-dealkylation sites (tertiary alicyclic amines) is 1. The Labute approximate surface area is 161 Å². The van der Waals surface area contributed by atoms with Gasteiger partial charge >= 0.3 is 0 Å². The smallest absolute Gasteiger partial charge is 0.282 e. The lowest BCUT2D eigenvalue weighted by atomic mass is 10.2. The summed E-state index contributed by atoms with van der Waals surface area (Å²) < 4.78 is 28.0. The van der Waals surface area contributed by atoms with Crippen molar-refractivity contribution in [2.24, 2.45) is 0 Å². The summed E-state index contributed by atoms with van der Waals surface area (Å²) in [6, 6.07) is 1.57. The van der Waals surface area contributed by atoms with Crippen molar-refractivity contribution >= 4 is 21.9 Å². The summed E-state index contributed by atoms with van der Waals surface area (Å²) in [6.45, 7) is 6.83. The quantitative estimate of drug-likeness (QED) is 0.707. The van der Waals surface area contributed by atoms with E-state index in [9.17, 15) is 13.2 Å². The highest BCUT2D eigenvalue weighted by Gasteiger charge is 2.31. The molecule has 2 rings (SSSR count). The molecule has 2 heterocycles. The summed E-state index contributed by atoms with van der Waals surface area (Å²) in [5.74, 6) is 1.16. The van der Waals surface area contributed by atoms with Crippen LogP contribution < -0.4 is 5.32 Å². The van der Waals surface area contributed by atoms with Gasteiger partial charge in [-0.05, 0) is 12.8 Å². The molecule has 0 saturated carbocycles. The van der Waals surface area contributed by atoms with E-state index in [1.165, 1.54) is 8.61 Å². The number of carbonyl (C=O) groups excluding carboxylic acids is 1. The molecule has 1 aliphatic rings. The molecule has 1 atom stereocenters. The van der Waals surface area contributed by atoms with Crippen molar-refractivity contribution in [2.75, 3.05) is 39.0 Å². The highest BCUT2D eigenvalue weighted by Crippen LogP contribution is 2.30. The van der Waals surface area contributed by atoms with Gasteiger partial charge in [-0.25, -0.2) is 9.97 Å². The van der Waals surface area contributed by atoms with Crippen LogP contribution in [0.1, 0.15) is 51.2 Å². The van der Waals surface area contributed by atoms with Crippen LogP contribution in [0.2, 0.25) is 0 Å². The van der Waals surface area contributed by atoms with Gasteiger partial charge in [-0.1, -0.05) is 13.8 Å². The SMILES string of the molecule is CCN(CC)S(=O)(=O)N(C)Cc1cc(NC)nc([C@@H]2CCCN2C(C)=O)n1. The molecular weight excluding hydrogens is 368 g/mol. The predicted octanol–water partition coefficient (Wildman–Crippen LogP) is 1.22. The number of hydrogen-bond donors (Lipinski definition) is 1. The van der Waals surface area contributed by atoms with Gasteiger partial charge in [0.2, 0.25) is 5.91 Å². The fourth-order valence-corrected chi connectivity index (χ4v) is 4.69. The van der Waals surface area contributed by atoms with Gasteiger partial charge in [-0.3, -0.25) is 4.79 Å². The van der Waals surface area contributed by atoms with Crippen LogP contribution >= 0.6 is 0 Å². The first kappa shape index (κ1) is 21.5. The number of nitrogens with one attached hydrogen (secondary N) is 1. The minimum absolute atomic E-state index is 0.00117. The van der Waals surface area contributed by atoms with Crippen LogP contribution in [0.4, 0.5) is 5.82 Å². The van der Waals surface area contributed by atoms with Crippen molar-refractivity contribution in [3.63, 3.8) is 0 Å². The third kappa shape index (κ3) is 4.74. The lowest BCUT2D eigenvalue weighted by Gasteiger charge is -2.26. The van der Waals surface area contributed by atoms with E-state index < -0.39 is 10.2 Å². The molecular formula is C17H30N6O3S. The number of aromatic nitrogens is 2. The third-order valence-electron chi connectivity index (χ3n) is 4.82. The average Bonchev–Trinajstić information content (AvgIpc) is 3.12. The van der Waals surface area contributed by atoms with E-state index >= 15 is 0 Å². The second-order valence-electron chi connectivity index (χ2n) is 6.57. The van der Waals surface area contributed by atoms with E-state index in [0.717, 1.165) is 12.8 Å². The fourth-order valence-electron chi connectivity index (χ4n) is 3.34. The zero-order chi connectivity index (χ0) is 20.2. The molecule has 1 saturated heterocycles. The molecule has 27 heavy (non-hydrogen) atoms. The Bertz CT molecular complexity index is 766. The maximum absolute atomic E-state index is 12.7. The number of anilines is 1. The zero-order valence-corrected chi connectivity index (χ0v) is 17.6. The lowest BCUT2D eigenvalue weighted by molar-refractivity contribution is -0.129. The van der Waals surface area contributed by atoms with Gasteiger partial charge in [0.1, 0.15) is 5.82 Å². The Morgan fingerprint density at radius 3 is 2.56 bits per heavy atom. The van der Waals surface area contributed by atoms with Crippen molar-refractivity contribution in [1.29, 1.82) is 0 Å². The molecule has 1 amide bonds. The standard InChI is InChI=1S/C17H30N6O3S/c1-6-22(7-2)27(25,26)21(5)12-14-11-16(18-4)20-17(19-14)15-9-8-10-23(15)13(3)24/h11,15H,6-10,12H2,1-5H3,(H,18,19,20)/t15-/m0/s1. The maximum Gasteiger partial charge on any atom is 0.282 e. The molecule has 152 valence electrons. The van der Waals surface area contributed by atoms with Gasteiger partial charge in [0, 0.05) is 46.7 Å². The van der Waals surface area contributed by atoms with E-state index in [4.69, 9.17) is 0 Å². The first-order valence-corrected chi connectivity index (χ1v) is 10.7. The van der Waals surface area contributed by atoms with Crippen LogP contribution in [-0.2, 0) is 21.5 Å². The minimum atomic E-state index is -3.55. The molecule has 1 N–H and O–H groups in total. The number of rotatable bonds is 8. The van der Waals surface area contributed by atoms with E-state index in [1.807, 2.05) is 13.8 Å². The largest absolute Gasteiger partial charge is 0.373 e. The highest BCUT2D eigenvalue weighted by molar-refractivity contribution is 7.86. The normalized spacial score (nSPS) is 17.7. The van der Waals surface area contributed by atoms with Gasteiger partial charge in [0.15, 0.2) is 5.82 Å².